The van der Waals surface area contributed by atoms with E-state index in [4.69, 9.17) is 10.1 Å². The highest BCUT2D eigenvalue weighted by atomic mass is 15.3. The summed E-state index contributed by atoms with van der Waals surface area (Å²) in [6.45, 7) is 1.98. The molecule has 25 heavy (non-hydrogen) atoms. The number of para-hydroxylation sites is 1. The molecule has 0 radical (unpaired) electrons. The zero-order valence-corrected chi connectivity index (χ0v) is 14.5. The molecule has 1 aliphatic heterocycles. The van der Waals surface area contributed by atoms with Crippen molar-refractivity contribution in [2.24, 2.45) is 0 Å². The van der Waals surface area contributed by atoms with Gasteiger partial charge in [0.2, 0.25) is 0 Å². The fourth-order valence-electron chi connectivity index (χ4n) is 4.44. The van der Waals surface area contributed by atoms with E-state index in [1.165, 1.54) is 54.4 Å². The molecule has 2 aliphatic rings. The SMILES string of the molecule is c1ccc2nc(-n3nc(C4CCCCC4)c4c3CCNC4)ccc2c1. The van der Waals surface area contributed by atoms with Crippen LogP contribution in [0.15, 0.2) is 36.4 Å². The lowest BCUT2D eigenvalue weighted by atomic mass is 9.84. The second-order valence-corrected chi connectivity index (χ2v) is 7.35. The van der Waals surface area contributed by atoms with Gasteiger partial charge in [-0.25, -0.2) is 9.67 Å². The maximum Gasteiger partial charge on any atom is 0.154 e. The highest BCUT2D eigenvalue weighted by Crippen LogP contribution is 2.36. The predicted molar refractivity (Wildman–Crippen MR) is 100 cm³/mol. The van der Waals surface area contributed by atoms with Crippen molar-refractivity contribution in [3.63, 3.8) is 0 Å². The average molecular weight is 332 g/mol. The van der Waals surface area contributed by atoms with Crippen LogP contribution in [0.3, 0.4) is 0 Å². The van der Waals surface area contributed by atoms with Crippen LogP contribution in [0.1, 0.15) is 55.0 Å². The Hall–Kier alpha value is -2.20. The van der Waals surface area contributed by atoms with Crippen LogP contribution in [0.5, 0.6) is 0 Å². The summed E-state index contributed by atoms with van der Waals surface area (Å²) in [5.74, 6) is 1.59. The fourth-order valence-corrected chi connectivity index (χ4v) is 4.44. The van der Waals surface area contributed by atoms with Gasteiger partial charge in [0, 0.05) is 36.4 Å². The Labute approximate surface area is 148 Å². The molecule has 1 aromatic carbocycles. The van der Waals surface area contributed by atoms with E-state index in [9.17, 15) is 0 Å². The number of pyridine rings is 1. The van der Waals surface area contributed by atoms with Crippen molar-refractivity contribution < 1.29 is 0 Å². The zero-order valence-electron chi connectivity index (χ0n) is 14.5. The smallest absolute Gasteiger partial charge is 0.154 e. The molecule has 2 aromatic heterocycles. The van der Waals surface area contributed by atoms with E-state index < -0.39 is 0 Å². The molecule has 1 aliphatic carbocycles. The molecular weight excluding hydrogens is 308 g/mol. The van der Waals surface area contributed by atoms with Crippen molar-refractivity contribution in [2.45, 2.75) is 51.0 Å². The van der Waals surface area contributed by atoms with Crippen molar-refractivity contribution in [1.29, 1.82) is 0 Å². The van der Waals surface area contributed by atoms with E-state index in [2.05, 4.69) is 46.4 Å². The number of hydrogen-bond donors (Lipinski definition) is 1. The van der Waals surface area contributed by atoms with Crippen molar-refractivity contribution in [2.75, 3.05) is 6.54 Å². The molecule has 3 aromatic rings. The maximum absolute atomic E-state index is 5.11. The summed E-state index contributed by atoms with van der Waals surface area (Å²) in [6.07, 6.45) is 7.67. The molecule has 0 unspecified atom stereocenters. The summed E-state index contributed by atoms with van der Waals surface area (Å²) in [4.78, 5) is 4.89. The van der Waals surface area contributed by atoms with Gasteiger partial charge in [-0.1, -0.05) is 37.5 Å². The summed E-state index contributed by atoms with van der Waals surface area (Å²) in [6, 6.07) is 12.6. The van der Waals surface area contributed by atoms with Crippen LogP contribution in [0.2, 0.25) is 0 Å². The van der Waals surface area contributed by atoms with E-state index >= 15 is 0 Å². The number of rotatable bonds is 2. The lowest BCUT2D eigenvalue weighted by molar-refractivity contribution is 0.432. The molecule has 1 fully saturated rings. The molecule has 1 saturated carbocycles. The monoisotopic (exact) mass is 332 g/mol. The molecule has 3 heterocycles. The normalized spacial score (nSPS) is 18.4. The maximum atomic E-state index is 5.11. The van der Waals surface area contributed by atoms with Crippen LogP contribution in [-0.4, -0.2) is 21.3 Å². The first kappa shape index (κ1) is 15.1. The summed E-state index contributed by atoms with van der Waals surface area (Å²) < 4.78 is 2.13. The fraction of sp³-hybridized carbons (Fsp3) is 0.429. The number of aromatic nitrogens is 3. The van der Waals surface area contributed by atoms with Gasteiger partial charge in [-0.3, -0.25) is 0 Å². The van der Waals surface area contributed by atoms with Crippen LogP contribution in [0.4, 0.5) is 0 Å². The van der Waals surface area contributed by atoms with E-state index in [-0.39, 0.29) is 0 Å². The number of benzene rings is 1. The van der Waals surface area contributed by atoms with E-state index in [1.54, 1.807) is 0 Å². The van der Waals surface area contributed by atoms with Crippen LogP contribution in [-0.2, 0) is 13.0 Å². The Balaban J connectivity index is 1.63. The van der Waals surface area contributed by atoms with Crippen LogP contribution in [0.25, 0.3) is 16.7 Å². The molecule has 0 amide bonds. The number of nitrogens with zero attached hydrogens (tertiary/aromatic N) is 3. The minimum Gasteiger partial charge on any atom is -0.312 e. The Morgan fingerprint density at radius 3 is 2.80 bits per heavy atom. The Kier molecular flexibility index (Phi) is 3.78. The third-order valence-corrected chi connectivity index (χ3v) is 5.75. The van der Waals surface area contributed by atoms with Crippen LogP contribution < -0.4 is 5.32 Å². The highest BCUT2D eigenvalue weighted by Gasteiger charge is 2.27. The third kappa shape index (κ3) is 2.65. The van der Waals surface area contributed by atoms with Gasteiger partial charge in [-0.05, 0) is 31.0 Å². The summed E-state index contributed by atoms with van der Waals surface area (Å²) in [5, 5.41) is 9.83. The van der Waals surface area contributed by atoms with Gasteiger partial charge in [0.25, 0.3) is 0 Å². The number of nitrogens with one attached hydrogen (secondary N) is 1. The lowest BCUT2D eigenvalue weighted by Crippen LogP contribution is -2.25. The Morgan fingerprint density at radius 1 is 1.00 bits per heavy atom. The zero-order chi connectivity index (χ0) is 16.6. The summed E-state index contributed by atoms with van der Waals surface area (Å²) in [5.41, 5.74) is 5.17. The van der Waals surface area contributed by atoms with Gasteiger partial charge >= 0.3 is 0 Å². The Bertz CT molecular complexity index is 905. The largest absolute Gasteiger partial charge is 0.312 e. The third-order valence-electron chi connectivity index (χ3n) is 5.75. The van der Waals surface area contributed by atoms with E-state index in [0.29, 0.717) is 5.92 Å². The van der Waals surface area contributed by atoms with Crippen LogP contribution in [0, 0.1) is 0 Å². The second-order valence-electron chi connectivity index (χ2n) is 7.35. The predicted octanol–water partition coefficient (Wildman–Crippen LogP) is 4.11. The number of hydrogen-bond acceptors (Lipinski definition) is 3. The molecule has 128 valence electrons. The van der Waals surface area contributed by atoms with Gasteiger partial charge in [0.1, 0.15) is 0 Å². The first-order valence-electron chi connectivity index (χ1n) is 9.58. The van der Waals surface area contributed by atoms with Crippen molar-refractivity contribution >= 4 is 10.9 Å². The highest BCUT2D eigenvalue weighted by molar-refractivity contribution is 5.79. The molecule has 5 rings (SSSR count). The summed E-state index contributed by atoms with van der Waals surface area (Å²) in [7, 11) is 0. The minimum absolute atomic E-state index is 0.629. The average Bonchev–Trinajstić information content (AvgIpc) is 3.08. The van der Waals surface area contributed by atoms with Crippen molar-refractivity contribution in [3.05, 3.63) is 53.3 Å². The van der Waals surface area contributed by atoms with Crippen LogP contribution >= 0.6 is 0 Å². The molecule has 1 N–H and O–H groups in total. The molecule has 4 nitrogen and oxygen atoms in total. The Morgan fingerprint density at radius 2 is 1.88 bits per heavy atom. The standard InChI is InChI=1S/C21H24N4/c1-2-7-16(8-3-1)21-17-14-22-13-12-19(17)25(24-21)20-11-10-15-6-4-5-9-18(15)23-20/h4-6,9-11,16,22H,1-3,7-8,12-14H2. The van der Waals surface area contributed by atoms with Gasteiger partial charge in [-0.15, -0.1) is 0 Å². The lowest BCUT2D eigenvalue weighted by Gasteiger charge is -2.22. The summed E-state index contributed by atoms with van der Waals surface area (Å²) >= 11 is 0. The first-order chi connectivity index (χ1) is 12.4. The van der Waals surface area contributed by atoms with Crippen molar-refractivity contribution in [3.8, 4) is 5.82 Å². The minimum atomic E-state index is 0.629. The topological polar surface area (TPSA) is 42.7 Å². The molecule has 0 spiro atoms. The first-order valence-corrected chi connectivity index (χ1v) is 9.58. The van der Waals surface area contributed by atoms with E-state index in [1.807, 2.05) is 0 Å². The van der Waals surface area contributed by atoms with Gasteiger partial charge < -0.3 is 5.32 Å². The number of fused-ring (bicyclic) bond motifs is 2. The van der Waals surface area contributed by atoms with Crippen molar-refractivity contribution in [1.82, 2.24) is 20.1 Å². The molecule has 0 atom stereocenters. The molecule has 0 saturated heterocycles. The molecular formula is C21H24N4. The quantitative estimate of drug-likeness (QED) is 0.768. The molecule has 4 heteroatoms. The van der Waals surface area contributed by atoms with Gasteiger partial charge in [0.05, 0.1) is 16.9 Å². The molecule has 0 bridgehead atoms. The van der Waals surface area contributed by atoms with E-state index in [0.717, 1.165) is 30.8 Å². The van der Waals surface area contributed by atoms with Gasteiger partial charge in [-0.2, -0.15) is 5.10 Å². The van der Waals surface area contributed by atoms with Gasteiger partial charge in [0.15, 0.2) is 5.82 Å². The second kappa shape index (κ2) is 6.26.